The number of rotatable bonds is 3. The molecule has 0 aliphatic heterocycles. The molecule has 1 N–H and O–H groups in total. The van der Waals surface area contributed by atoms with Crippen molar-refractivity contribution in [2.75, 3.05) is 5.32 Å². The number of halogens is 1. The fraction of sp³-hybridized carbons (Fsp3) is 0.200. The van der Waals surface area contributed by atoms with Crippen molar-refractivity contribution in [1.29, 1.82) is 0 Å². The van der Waals surface area contributed by atoms with Crippen LogP contribution in [-0.4, -0.2) is 0 Å². The van der Waals surface area contributed by atoms with E-state index >= 15 is 0 Å². The minimum absolute atomic E-state index is 0.310. The average Bonchev–Trinajstić information content (AvgIpc) is 2.29. The van der Waals surface area contributed by atoms with Gasteiger partial charge in [-0.05, 0) is 49.2 Å². The summed E-state index contributed by atoms with van der Waals surface area (Å²) in [5, 5.41) is 3.50. The van der Waals surface area contributed by atoms with Gasteiger partial charge in [-0.15, -0.1) is 0 Å². The molecule has 0 saturated carbocycles. The van der Waals surface area contributed by atoms with Gasteiger partial charge in [0.15, 0.2) is 0 Å². The number of hydrogen-bond donors (Lipinski definition) is 1. The van der Waals surface area contributed by atoms with Gasteiger partial charge in [0.25, 0.3) is 0 Å². The first-order chi connectivity index (χ1) is 8.15. The van der Waals surface area contributed by atoms with E-state index in [-0.39, 0.29) is 0 Å². The Kier molecular flexibility index (Phi) is 3.85. The third-order valence-electron chi connectivity index (χ3n) is 2.77. The Hall–Kier alpha value is -1.28. The Labute approximate surface area is 111 Å². The van der Waals surface area contributed by atoms with Crippen LogP contribution in [0.25, 0.3) is 0 Å². The van der Waals surface area contributed by atoms with Gasteiger partial charge in [-0.25, -0.2) is 0 Å². The van der Waals surface area contributed by atoms with Crippen LogP contribution in [0.3, 0.4) is 0 Å². The quantitative estimate of drug-likeness (QED) is 0.845. The molecule has 17 heavy (non-hydrogen) atoms. The summed E-state index contributed by atoms with van der Waals surface area (Å²) in [7, 11) is 0. The van der Waals surface area contributed by atoms with E-state index in [1.165, 1.54) is 16.8 Å². The molecular formula is C15H16BrN. The van der Waals surface area contributed by atoms with E-state index in [9.17, 15) is 0 Å². The summed E-state index contributed by atoms with van der Waals surface area (Å²) >= 11 is 3.45. The van der Waals surface area contributed by atoms with Gasteiger partial charge in [-0.1, -0.05) is 40.2 Å². The topological polar surface area (TPSA) is 12.0 Å². The predicted octanol–water partition coefficient (Wildman–Crippen LogP) is 4.93. The number of benzene rings is 2. The molecule has 1 nitrogen and oxygen atoms in total. The highest BCUT2D eigenvalue weighted by atomic mass is 79.9. The summed E-state index contributed by atoms with van der Waals surface area (Å²) in [6.07, 6.45) is 0. The molecule has 0 radical (unpaired) electrons. The van der Waals surface area contributed by atoms with Crippen molar-refractivity contribution in [2.45, 2.75) is 19.9 Å². The molecule has 88 valence electrons. The van der Waals surface area contributed by atoms with Crippen molar-refractivity contribution in [3.8, 4) is 0 Å². The summed E-state index contributed by atoms with van der Waals surface area (Å²) < 4.78 is 1.11. The van der Waals surface area contributed by atoms with Gasteiger partial charge in [0.1, 0.15) is 0 Å². The number of aryl methyl sites for hydroxylation is 1. The Morgan fingerprint density at radius 3 is 2.41 bits per heavy atom. The van der Waals surface area contributed by atoms with Crippen molar-refractivity contribution in [2.24, 2.45) is 0 Å². The van der Waals surface area contributed by atoms with Crippen LogP contribution >= 0.6 is 15.9 Å². The van der Waals surface area contributed by atoms with E-state index in [1.54, 1.807) is 0 Å². The van der Waals surface area contributed by atoms with Crippen LogP contribution in [0.1, 0.15) is 24.1 Å². The summed E-state index contributed by atoms with van der Waals surface area (Å²) in [6.45, 7) is 4.28. The fourth-order valence-corrected chi connectivity index (χ4v) is 2.08. The Balaban J connectivity index is 2.11. The van der Waals surface area contributed by atoms with E-state index in [0.29, 0.717) is 6.04 Å². The molecule has 0 spiro atoms. The highest BCUT2D eigenvalue weighted by molar-refractivity contribution is 9.10. The Bertz CT molecular complexity index is 491. The molecule has 0 bridgehead atoms. The molecule has 1 unspecified atom stereocenters. The maximum atomic E-state index is 3.50. The average molecular weight is 290 g/mol. The van der Waals surface area contributed by atoms with E-state index in [0.717, 1.165) is 4.47 Å². The second-order valence-corrected chi connectivity index (χ2v) is 5.20. The van der Waals surface area contributed by atoms with Gasteiger partial charge < -0.3 is 5.32 Å². The summed E-state index contributed by atoms with van der Waals surface area (Å²) in [4.78, 5) is 0. The lowest BCUT2D eigenvalue weighted by atomic mass is 10.1. The second-order valence-electron chi connectivity index (χ2n) is 4.29. The number of hydrogen-bond acceptors (Lipinski definition) is 1. The normalized spacial score (nSPS) is 12.2. The monoisotopic (exact) mass is 289 g/mol. The first-order valence-electron chi connectivity index (χ1n) is 5.74. The molecule has 0 amide bonds. The molecule has 2 aromatic rings. The van der Waals surface area contributed by atoms with Gasteiger partial charge in [-0.2, -0.15) is 0 Å². The minimum atomic E-state index is 0.310. The van der Waals surface area contributed by atoms with Crippen LogP contribution in [0.2, 0.25) is 0 Å². The van der Waals surface area contributed by atoms with E-state index in [4.69, 9.17) is 0 Å². The number of nitrogens with one attached hydrogen (secondary N) is 1. The lowest BCUT2D eigenvalue weighted by molar-refractivity contribution is 0.884. The lowest BCUT2D eigenvalue weighted by Gasteiger charge is -2.16. The van der Waals surface area contributed by atoms with Crippen molar-refractivity contribution in [1.82, 2.24) is 0 Å². The molecule has 0 aliphatic carbocycles. The molecule has 1 atom stereocenters. The molecule has 2 rings (SSSR count). The standard InChI is InChI=1S/C15H16BrN/c1-11-4-3-5-15(10-11)17-12(2)13-6-8-14(16)9-7-13/h3-10,12,17H,1-2H3. The van der Waals surface area contributed by atoms with Crippen LogP contribution in [-0.2, 0) is 0 Å². The van der Waals surface area contributed by atoms with Crippen LogP contribution in [0.4, 0.5) is 5.69 Å². The van der Waals surface area contributed by atoms with Crippen LogP contribution in [0, 0.1) is 6.92 Å². The van der Waals surface area contributed by atoms with Gasteiger partial charge >= 0.3 is 0 Å². The van der Waals surface area contributed by atoms with E-state index < -0.39 is 0 Å². The van der Waals surface area contributed by atoms with Gasteiger partial charge in [0.2, 0.25) is 0 Å². The SMILES string of the molecule is Cc1cccc(NC(C)c2ccc(Br)cc2)c1. The molecule has 0 saturated heterocycles. The van der Waals surface area contributed by atoms with Crippen LogP contribution in [0.15, 0.2) is 53.0 Å². The van der Waals surface area contributed by atoms with Crippen LogP contribution < -0.4 is 5.32 Å². The highest BCUT2D eigenvalue weighted by Gasteiger charge is 2.04. The van der Waals surface area contributed by atoms with Crippen LogP contribution in [0.5, 0.6) is 0 Å². The number of anilines is 1. The van der Waals surface area contributed by atoms with Gasteiger partial charge in [0, 0.05) is 16.2 Å². The maximum absolute atomic E-state index is 3.50. The van der Waals surface area contributed by atoms with E-state index in [2.05, 4.69) is 83.6 Å². The van der Waals surface area contributed by atoms with Gasteiger partial charge in [0.05, 0.1) is 0 Å². The third-order valence-corrected chi connectivity index (χ3v) is 3.30. The highest BCUT2D eigenvalue weighted by Crippen LogP contribution is 2.21. The Morgan fingerprint density at radius 1 is 1.06 bits per heavy atom. The zero-order valence-corrected chi connectivity index (χ0v) is 11.7. The second kappa shape index (κ2) is 5.37. The third kappa shape index (κ3) is 3.34. The minimum Gasteiger partial charge on any atom is -0.379 e. The molecule has 0 aromatic heterocycles. The van der Waals surface area contributed by atoms with Crippen molar-refractivity contribution in [3.05, 3.63) is 64.1 Å². The fourth-order valence-electron chi connectivity index (χ4n) is 1.82. The summed E-state index contributed by atoms with van der Waals surface area (Å²) in [5.41, 5.74) is 3.73. The zero-order valence-electron chi connectivity index (χ0n) is 10.1. The molecule has 0 heterocycles. The predicted molar refractivity (Wildman–Crippen MR) is 77.4 cm³/mol. The maximum Gasteiger partial charge on any atom is 0.0485 e. The van der Waals surface area contributed by atoms with Crippen molar-refractivity contribution < 1.29 is 0 Å². The molecule has 2 aromatic carbocycles. The lowest BCUT2D eigenvalue weighted by Crippen LogP contribution is -2.06. The summed E-state index contributed by atoms with van der Waals surface area (Å²) in [6, 6.07) is 17.2. The Morgan fingerprint density at radius 2 is 1.76 bits per heavy atom. The first-order valence-corrected chi connectivity index (χ1v) is 6.53. The smallest absolute Gasteiger partial charge is 0.0485 e. The van der Waals surface area contributed by atoms with Crippen molar-refractivity contribution >= 4 is 21.6 Å². The largest absolute Gasteiger partial charge is 0.379 e. The zero-order chi connectivity index (χ0) is 12.3. The summed E-state index contributed by atoms with van der Waals surface area (Å²) in [5.74, 6) is 0. The molecular weight excluding hydrogens is 274 g/mol. The molecule has 0 aliphatic rings. The molecule has 0 fully saturated rings. The van der Waals surface area contributed by atoms with Gasteiger partial charge in [-0.3, -0.25) is 0 Å². The molecule has 2 heteroatoms. The van der Waals surface area contributed by atoms with Crippen molar-refractivity contribution in [3.63, 3.8) is 0 Å². The van der Waals surface area contributed by atoms with E-state index in [1.807, 2.05) is 0 Å². The first kappa shape index (κ1) is 12.2.